The number of nitrogens with one attached hydrogen (secondary N) is 1. The highest BCUT2D eigenvalue weighted by Crippen LogP contribution is 2.39. The van der Waals surface area contributed by atoms with Gasteiger partial charge in [0.25, 0.3) is 5.91 Å². The van der Waals surface area contributed by atoms with Crippen LogP contribution in [0.4, 0.5) is 10.7 Å². The van der Waals surface area contributed by atoms with Crippen molar-refractivity contribution in [3.8, 4) is 11.8 Å². The van der Waals surface area contributed by atoms with Crippen molar-refractivity contribution in [2.75, 3.05) is 11.9 Å². The highest BCUT2D eigenvalue weighted by Gasteiger charge is 2.22. The van der Waals surface area contributed by atoms with Crippen molar-refractivity contribution in [3.63, 3.8) is 0 Å². The van der Waals surface area contributed by atoms with Crippen LogP contribution in [0.1, 0.15) is 46.1 Å². The number of para-hydroxylation sites is 2. The van der Waals surface area contributed by atoms with E-state index in [-0.39, 0.29) is 11.5 Å². The number of nitriles is 1. The number of fused-ring (bicyclic) bond motifs is 2. The van der Waals surface area contributed by atoms with E-state index in [1.54, 1.807) is 6.07 Å². The van der Waals surface area contributed by atoms with Crippen LogP contribution in [0, 0.1) is 11.3 Å². The summed E-state index contributed by atoms with van der Waals surface area (Å²) in [7, 11) is 0. The molecule has 0 atom stereocenters. The van der Waals surface area contributed by atoms with Gasteiger partial charge in [0.15, 0.2) is 11.3 Å². The predicted octanol–water partition coefficient (Wildman–Crippen LogP) is 6.13. The monoisotopic (exact) mass is 469 g/mol. The van der Waals surface area contributed by atoms with Gasteiger partial charge in [-0.15, -0.1) is 11.3 Å². The number of carbonyl (C=O) groups is 1. The van der Waals surface area contributed by atoms with Gasteiger partial charge in [0.2, 0.25) is 5.55 Å². The molecule has 0 bridgehead atoms. The summed E-state index contributed by atoms with van der Waals surface area (Å²) in [6.45, 7) is 2.38. The largest absolute Gasteiger partial charge is 0.490 e. The molecule has 0 radical (unpaired) electrons. The maximum absolute atomic E-state index is 13.3. The lowest BCUT2D eigenvalue weighted by Gasteiger charge is -2.09. The van der Waals surface area contributed by atoms with Crippen molar-refractivity contribution in [1.29, 1.82) is 5.26 Å². The van der Waals surface area contributed by atoms with Crippen LogP contribution >= 0.6 is 11.3 Å². The second-order valence-electron chi connectivity index (χ2n) is 8.01. The van der Waals surface area contributed by atoms with E-state index >= 15 is 0 Å². The summed E-state index contributed by atoms with van der Waals surface area (Å²) in [5.74, 6) is 0.245. The molecule has 170 valence electrons. The Labute approximate surface area is 201 Å². The number of aryl methyl sites for hydroxylation is 1. The van der Waals surface area contributed by atoms with Gasteiger partial charge in [-0.3, -0.25) is 4.79 Å². The Balaban J connectivity index is 1.71. The van der Waals surface area contributed by atoms with E-state index in [0.717, 1.165) is 36.6 Å². The first kappa shape index (κ1) is 21.9. The molecule has 2 heterocycles. The fourth-order valence-corrected chi connectivity index (χ4v) is 5.40. The Kier molecular flexibility index (Phi) is 6.15. The van der Waals surface area contributed by atoms with Crippen LogP contribution in [0.25, 0.3) is 11.0 Å². The number of ether oxygens (including phenoxy) is 1. The molecule has 0 saturated carbocycles. The van der Waals surface area contributed by atoms with E-state index in [0.29, 0.717) is 39.8 Å². The quantitative estimate of drug-likeness (QED) is 0.381. The summed E-state index contributed by atoms with van der Waals surface area (Å²) in [6.07, 6.45) is 4.02. The fourth-order valence-electron chi connectivity index (χ4n) is 4.20. The SMILES string of the molecule is CCOc1cccc2cc(C(=O)Nc3ccccc3)c(=Nc3sc4c(c3C#N)CCCC4)oc12. The molecule has 1 aliphatic carbocycles. The van der Waals surface area contributed by atoms with E-state index in [2.05, 4.69) is 11.4 Å². The van der Waals surface area contributed by atoms with Gasteiger partial charge in [-0.25, -0.2) is 4.99 Å². The fraction of sp³-hybridized carbons (Fsp3) is 0.222. The van der Waals surface area contributed by atoms with Gasteiger partial charge in [-0.1, -0.05) is 30.3 Å². The third kappa shape index (κ3) is 4.20. The summed E-state index contributed by atoms with van der Waals surface area (Å²) >= 11 is 1.51. The molecule has 34 heavy (non-hydrogen) atoms. The predicted molar refractivity (Wildman–Crippen MR) is 133 cm³/mol. The van der Waals surface area contributed by atoms with Crippen LogP contribution in [0.2, 0.25) is 0 Å². The zero-order valence-corrected chi connectivity index (χ0v) is 19.6. The molecule has 5 rings (SSSR count). The van der Waals surface area contributed by atoms with Crippen molar-refractivity contribution in [2.45, 2.75) is 32.6 Å². The van der Waals surface area contributed by atoms with Gasteiger partial charge in [0.05, 0.1) is 12.2 Å². The number of hydrogen-bond acceptors (Lipinski definition) is 6. The van der Waals surface area contributed by atoms with Gasteiger partial charge < -0.3 is 14.5 Å². The third-order valence-electron chi connectivity index (χ3n) is 5.78. The van der Waals surface area contributed by atoms with Crippen molar-refractivity contribution >= 4 is 38.9 Å². The Morgan fingerprint density at radius 1 is 1.18 bits per heavy atom. The van der Waals surface area contributed by atoms with Crippen molar-refractivity contribution in [3.05, 3.63) is 81.7 Å². The number of amides is 1. The van der Waals surface area contributed by atoms with Crippen LogP contribution in [-0.2, 0) is 12.8 Å². The summed E-state index contributed by atoms with van der Waals surface area (Å²) in [6, 6.07) is 18.9. The third-order valence-corrected chi connectivity index (χ3v) is 6.97. The first-order valence-corrected chi connectivity index (χ1v) is 12.1. The Hall–Kier alpha value is -3.89. The Morgan fingerprint density at radius 3 is 2.79 bits per heavy atom. The molecule has 6 nitrogen and oxygen atoms in total. The smallest absolute Gasteiger partial charge is 0.261 e. The molecule has 0 saturated heterocycles. The Morgan fingerprint density at radius 2 is 2.00 bits per heavy atom. The van der Waals surface area contributed by atoms with Crippen LogP contribution in [0.15, 0.2) is 64.0 Å². The number of thiophene rings is 1. The number of nitrogens with zero attached hydrogens (tertiary/aromatic N) is 2. The lowest BCUT2D eigenvalue weighted by Crippen LogP contribution is -2.21. The maximum atomic E-state index is 13.3. The van der Waals surface area contributed by atoms with Gasteiger partial charge in [0, 0.05) is 16.0 Å². The maximum Gasteiger partial charge on any atom is 0.261 e. The minimum atomic E-state index is -0.336. The molecule has 0 unspecified atom stereocenters. The zero-order chi connectivity index (χ0) is 23.5. The van der Waals surface area contributed by atoms with E-state index in [4.69, 9.17) is 14.1 Å². The summed E-state index contributed by atoms with van der Waals surface area (Å²) in [5.41, 5.74) is 3.31. The number of hydrogen-bond donors (Lipinski definition) is 1. The molecule has 4 aromatic rings. The zero-order valence-electron chi connectivity index (χ0n) is 18.8. The van der Waals surface area contributed by atoms with Gasteiger partial charge in [-0.2, -0.15) is 5.26 Å². The van der Waals surface area contributed by atoms with Crippen molar-refractivity contribution in [2.24, 2.45) is 4.99 Å². The number of benzene rings is 2. The van der Waals surface area contributed by atoms with E-state index in [9.17, 15) is 10.1 Å². The van der Waals surface area contributed by atoms with Crippen LogP contribution in [0.5, 0.6) is 5.75 Å². The summed E-state index contributed by atoms with van der Waals surface area (Å²) < 4.78 is 12.0. The molecule has 0 fully saturated rings. The molecular weight excluding hydrogens is 446 g/mol. The van der Waals surface area contributed by atoms with Crippen LogP contribution < -0.4 is 15.6 Å². The molecule has 1 aliphatic rings. The van der Waals surface area contributed by atoms with E-state index in [1.807, 2.05) is 55.5 Å². The summed E-state index contributed by atoms with van der Waals surface area (Å²) in [5, 5.41) is 14.1. The molecule has 0 spiro atoms. The number of anilines is 1. The van der Waals surface area contributed by atoms with Crippen molar-refractivity contribution in [1.82, 2.24) is 0 Å². The minimum Gasteiger partial charge on any atom is -0.490 e. The Bertz CT molecular complexity index is 1480. The standard InChI is InChI=1S/C27H23N3O3S/c1-2-32-22-13-8-9-17-15-20(25(31)29-18-10-4-3-5-11-18)26(33-24(17)22)30-27-21(16-28)19-12-6-7-14-23(19)34-27/h3-5,8-11,13,15H,2,6-7,12,14H2,1H3,(H,29,31). The molecule has 0 aliphatic heterocycles. The average molecular weight is 470 g/mol. The topological polar surface area (TPSA) is 87.6 Å². The van der Waals surface area contributed by atoms with Crippen molar-refractivity contribution < 1.29 is 13.9 Å². The normalized spacial score (nSPS) is 13.4. The lowest BCUT2D eigenvalue weighted by atomic mass is 9.96. The first-order chi connectivity index (χ1) is 16.7. The summed E-state index contributed by atoms with van der Waals surface area (Å²) in [4.78, 5) is 19.2. The van der Waals surface area contributed by atoms with Gasteiger partial charge in [0.1, 0.15) is 16.6 Å². The molecule has 1 amide bonds. The average Bonchev–Trinajstić information content (AvgIpc) is 3.21. The second-order valence-corrected chi connectivity index (χ2v) is 9.09. The number of carbonyl (C=O) groups excluding carboxylic acids is 1. The van der Waals surface area contributed by atoms with Crippen LogP contribution in [-0.4, -0.2) is 12.5 Å². The lowest BCUT2D eigenvalue weighted by molar-refractivity contribution is 0.102. The molecule has 1 N–H and O–H groups in total. The first-order valence-electron chi connectivity index (χ1n) is 11.3. The second kappa shape index (κ2) is 9.54. The number of rotatable bonds is 5. The molecule has 2 aromatic heterocycles. The van der Waals surface area contributed by atoms with Gasteiger partial charge >= 0.3 is 0 Å². The van der Waals surface area contributed by atoms with E-state index < -0.39 is 0 Å². The minimum absolute atomic E-state index is 0.156. The highest BCUT2D eigenvalue weighted by molar-refractivity contribution is 7.16. The molecule has 2 aromatic carbocycles. The van der Waals surface area contributed by atoms with Gasteiger partial charge in [-0.05, 0) is 62.4 Å². The van der Waals surface area contributed by atoms with E-state index in [1.165, 1.54) is 16.2 Å². The molecular formula is C27H23N3O3S. The highest BCUT2D eigenvalue weighted by atomic mass is 32.1. The molecule has 7 heteroatoms. The van der Waals surface area contributed by atoms with Crippen LogP contribution in [0.3, 0.4) is 0 Å².